The van der Waals surface area contributed by atoms with E-state index in [4.69, 9.17) is 0 Å². The largest absolute Gasteiger partial charge is 0.359 e. The number of para-hydroxylation sites is 1. The van der Waals surface area contributed by atoms with Crippen LogP contribution in [0.15, 0.2) is 42.5 Å². The van der Waals surface area contributed by atoms with Crippen molar-refractivity contribution in [1.82, 2.24) is 10.2 Å². The molecule has 1 fully saturated rings. The number of carbonyl (C=O) groups is 2. The summed E-state index contributed by atoms with van der Waals surface area (Å²) < 4.78 is 0. The summed E-state index contributed by atoms with van der Waals surface area (Å²) in [4.78, 5) is 30.2. The molecular weight excluding hydrogens is 416 g/mol. The molecule has 33 heavy (non-hydrogen) atoms. The number of urea groups is 1. The lowest BCUT2D eigenvalue weighted by atomic mass is 9.94. The van der Waals surface area contributed by atoms with Crippen molar-refractivity contribution in [2.45, 2.75) is 51.7 Å². The number of aryl methyl sites for hydroxylation is 2. The smallest absolute Gasteiger partial charge is 0.329 e. The first-order valence-corrected chi connectivity index (χ1v) is 11.9. The van der Waals surface area contributed by atoms with Crippen LogP contribution in [0.1, 0.15) is 48.8 Å². The van der Waals surface area contributed by atoms with Crippen molar-refractivity contribution in [3.63, 3.8) is 0 Å². The van der Waals surface area contributed by atoms with Crippen molar-refractivity contribution in [2.24, 2.45) is 0 Å². The van der Waals surface area contributed by atoms with Crippen LogP contribution in [0, 0.1) is 13.8 Å². The summed E-state index contributed by atoms with van der Waals surface area (Å²) in [5.41, 5.74) is 1.14. The monoisotopic (exact) mass is 450 g/mol. The number of rotatable bonds is 6. The van der Waals surface area contributed by atoms with Gasteiger partial charge in [-0.2, -0.15) is 0 Å². The molecule has 2 aliphatic rings. The Kier molecular flexibility index (Phi) is 7.00. The van der Waals surface area contributed by atoms with Gasteiger partial charge >= 0.3 is 6.03 Å². The molecule has 2 aliphatic heterocycles. The Bertz CT molecular complexity index is 1020. The van der Waals surface area contributed by atoms with Gasteiger partial charge in [-0.3, -0.25) is 9.69 Å². The van der Waals surface area contributed by atoms with Crippen LogP contribution >= 0.6 is 0 Å². The number of benzene rings is 2. The first kappa shape index (κ1) is 23.3. The number of aliphatic hydroxyl groups is 1. The maximum Gasteiger partial charge on any atom is 0.329 e. The highest BCUT2D eigenvalue weighted by molar-refractivity contribution is 6.11. The molecule has 0 aromatic heterocycles. The first-order valence-electron chi connectivity index (χ1n) is 11.9. The van der Waals surface area contributed by atoms with Gasteiger partial charge in [0, 0.05) is 17.8 Å². The van der Waals surface area contributed by atoms with E-state index in [1.807, 2.05) is 26.0 Å². The average molecular weight is 451 g/mol. The molecular formula is C26H34N4O3. The standard InChI is InChI=1S/C26H34N4O3/c1-19-12-13-21(18-20(19)2)30-25(32)28-23-11-6-5-10-22(23)26(30,33)24(31)27-14-9-17-29-15-7-3-4-8-16-29/h5-6,10-13,18,33H,3-4,7-9,14-17H2,1-2H3,(H,27,31)(H,28,32)/t26-/m0/s1. The topological polar surface area (TPSA) is 84.9 Å². The maximum atomic E-state index is 13.5. The van der Waals surface area contributed by atoms with Gasteiger partial charge in [-0.1, -0.05) is 37.1 Å². The van der Waals surface area contributed by atoms with Gasteiger partial charge in [0.1, 0.15) is 0 Å². The Hall–Kier alpha value is -2.90. The number of hydrogen-bond acceptors (Lipinski definition) is 4. The lowest BCUT2D eigenvalue weighted by Crippen LogP contribution is -2.62. The normalized spacial score (nSPS) is 21.2. The maximum absolute atomic E-state index is 13.5. The number of likely N-dealkylation sites (tertiary alicyclic amines) is 1. The van der Waals surface area contributed by atoms with Gasteiger partial charge < -0.3 is 20.6 Å². The average Bonchev–Trinajstić information content (AvgIpc) is 3.08. The van der Waals surface area contributed by atoms with E-state index in [1.165, 1.54) is 25.7 Å². The Morgan fingerprint density at radius 3 is 2.52 bits per heavy atom. The van der Waals surface area contributed by atoms with Crippen molar-refractivity contribution < 1.29 is 14.7 Å². The fourth-order valence-corrected chi connectivity index (χ4v) is 4.71. The molecule has 3 N–H and O–H groups in total. The number of amides is 3. The molecule has 4 rings (SSSR count). The van der Waals surface area contributed by atoms with Crippen molar-refractivity contribution in [2.75, 3.05) is 36.4 Å². The molecule has 7 nitrogen and oxygen atoms in total. The summed E-state index contributed by atoms with van der Waals surface area (Å²) in [6.07, 6.45) is 5.82. The van der Waals surface area contributed by atoms with E-state index in [9.17, 15) is 14.7 Å². The van der Waals surface area contributed by atoms with Crippen molar-refractivity contribution in [3.8, 4) is 0 Å². The highest BCUT2D eigenvalue weighted by Gasteiger charge is 2.51. The van der Waals surface area contributed by atoms with Gasteiger partial charge in [0.15, 0.2) is 0 Å². The number of fused-ring (bicyclic) bond motifs is 1. The number of nitrogens with zero attached hydrogens (tertiary/aromatic N) is 2. The molecule has 2 heterocycles. The van der Waals surface area contributed by atoms with E-state index in [0.717, 1.165) is 42.1 Å². The molecule has 0 unspecified atom stereocenters. The van der Waals surface area contributed by atoms with Crippen LogP contribution in [0.25, 0.3) is 0 Å². The summed E-state index contributed by atoms with van der Waals surface area (Å²) in [6.45, 7) is 7.47. The van der Waals surface area contributed by atoms with Crippen LogP contribution in [0.3, 0.4) is 0 Å². The molecule has 0 radical (unpaired) electrons. The second kappa shape index (κ2) is 9.93. The molecule has 1 saturated heterocycles. The summed E-state index contributed by atoms with van der Waals surface area (Å²) in [5, 5.41) is 17.6. The minimum absolute atomic E-state index is 0.354. The fourth-order valence-electron chi connectivity index (χ4n) is 4.71. The molecule has 0 aliphatic carbocycles. The van der Waals surface area contributed by atoms with Crippen LogP contribution < -0.4 is 15.5 Å². The van der Waals surface area contributed by atoms with E-state index in [0.29, 0.717) is 23.5 Å². The van der Waals surface area contributed by atoms with Crippen LogP contribution in [0.4, 0.5) is 16.2 Å². The summed E-state index contributed by atoms with van der Waals surface area (Å²) in [7, 11) is 0. The van der Waals surface area contributed by atoms with Gasteiger partial charge in [-0.15, -0.1) is 0 Å². The molecule has 0 spiro atoms. The van der Waals surface area contributed by atoms with Crippen LogP contribution in [-0.2, 0) is 10.5 Å². The predicted octanol–water partition coefficient (Wildman–Crippen LogP) is 3.88. The third-order valence-corrected chi connectivity index (χ3v) is 6.77. The van der Waals surface area contributed by atoms with Crippen LogP contribution in [0.2, 0.25) is 0 Å². The zero-order chi connectivity index (χ0) is 23.4. The van der Waals surface area contributed by atoms with Crippen molar-refractivity contribution in [1.29, 1.82) is 0 Å². The number of hydrogen-bond donors (Lipinski definition) is 3. The highest BCUT2D eigenvalue weighted by Crippen LogP contribution is 2.40. The zero-order valence-corrected chi connectivity index (χ0v) is 19.6. The van der Waals surface area contributed by atoms with E-state index < -0.39 is 17.7 Å². The van der Waals surface area contributed by atoms with Crippen molar-refractivity contribution in [3.05, 3.63) is 59.2 Å². The third-order valence-electron chi connectivity index (χ3n) is 6.77. The summed E-state index contributed by atoms with van der Waals surface area (Å²) in [5.74, 6) is -0.598. The lowest BCUT2D eigenvalue weighted by molar-refractivity contribution is -0.140. The zero-order valence-electron chi connectivity index (χ0n) is 19.6. The van der Waals surface area contributed by atoms with E-state index in [1.54, 1.807) is 30.3 Å². The van der Waals surface area contributed by atoms with Gasteiger partial charge in [0.2, 0.25) is 0 Å². The highest BCUT2D eigenvalue weighted by atomic mass is 16.3. The predicted molar refractivity (Wildman–Crippen MR) is 130 cm³/mol. The van der Waals surface area contributed by atoms with Gasteiger partial charge in [-0.25, -0.2) is 4.79 Å². The summed E-state index contributed by atoms with van der Waals surface area (Å²) >= 11 is 0. The number of anilines is 2. The molecule has 0 bridgehead atoms. The molecule has 2 aromatic rings. The Balaban J connectivity index is 1.56. The molecule has 7 heteroatoms. The fraction of sp³-hybridized carbons (Fsp3) is 0.462. The minimum atomic E-state index is -2.15. The minimum Gasteiger partial charge on any atom is -0.359 e. The first-order chi connectivity index (χ1) is 15.9. The molecule has 1 atom stereocenters. The van der Waals surface area contributed by atoms with Gasteiger partial charge in [0.05, 0.1) is 5.69 Å². The third kappa shape index (κ3) is 4.75. The number of nitrogens with one attached hydrogen (secondary N) is 2. The Morgan fingerprint density at radius 1 is 1.06 bits per heavy atom. The molecule has 176 valence electrons. The van der Waals surface area contributed by atoms with Crippen LogP contribution in [0.5, 0.6) is 0 Å². The van der Waals surface area contributed by atoms with Gasteiger partial charge in [-0.05, 0) is 82.1 Å². The Labute approximate surface area is 195 Å². The summed E-state index contributed by atoms with van der Waals surface area (Å²) in [6, 6.07) is 11.8. The van der Waals surface area contributed by atoms with Crippen LogP contribution in [-0.4, -0.2) is 48.1 Å². The molecule has 2 aromatic carbocycles. The molecule has 0 saturated carbocycles. The Morgan fingerprint density at radius 2 is 1.79 bits per heavy atom. The van der Waals surface area contributed by atoms with E-state index in [-0.39, 0.29) is 0 Å². The lowest BCUT2D eigenvalue weighted by Gasteiger charge is -2.42. The second-order valence-electron chi connectivity index (χ2n) is 9.12. The van der Waals surface area contributed by atoms with Gasteiger partial charge in [0.25, 0.3) is 11.6 Å². The number of carbonyl (C=O) groups excluding carboxylic acids is 2. The van der Waals surface area contributed by atoms with E-state index >= 15 is 0 Å². The SMILES string of the molecule is Cc1ccc(N2C(=O)Nc3ccccc3[C@]2(O)C(=O)NCCCN2CCCCCC2)cc1C. The molecule has 3 amide bonds. The quantitative estimate of drug-likeness (QED) is 0.583. The van der Waals surface area contributed by atoms with Crippen molar-refractivity contribution >= 4 is 23.3 Å². The second-order valence-corrected chi connectivity index (χ2v) is 9.12. The van der Waals surface area contributed by atoms with E-state index in [2.05, 4.69) is 15.5 Å².